The van der Waals surface area contributed by atoms with E-state index in [2.05, 4.69) is 18.2 Å². The maximum atomic E-state index is 12.4. The maximum absolute atomic E-state index is 12.4. The van der Waals surface area contributed by atoms with Crippen molar-refractivity contribution < 1.29 is 4.79 Å². The molecule has 19 heavy (non-hydrogen) atoms. The first-order valence-corrected chi connectivity index (χ1v) is 7.11. The maximum Gasteiger partial charge on any atom is 0.228 e. The van der Waals surface area contributed by atoms with Gasteiger partial charge >= 0.3 is 0 Å². The molecule has 1 aliphatic rings. The summed E-state index contributed by atoms with van der Waals surface area (Å²) >= 11 is 0. The average Bonchev–Trinajstić information content (AvgIpc) is 2.68. The Morgan fingerprint density at radius 2 is 2.05 bits per heavy atom. The second-order valence-electron chi connectivity index (χ2n) is 6.67. The molecule has 0 N–H and O–H groups in total. The van der Waals surface area contributed by atoms with Crippen LogP contribution >= 0.6 is 0 Å². The van der Waals surface area contributed by atoms with Gasteiger partial charge in [-0.2, -0.15) is 5.10 Å². The second kappa shape index (κ2) is 4.99. The molecule has 1 amide bonds. The van der Waals surface area contributed by atoms with Crippen molar-refractivity contribution in [1.82, 2.24) is 14.7 Å². The fourth-order valence-corrected chi connectivity index (χ4v) is 2.59. The fourth-order valence-electron chi connectivity index (χ4n) is 2.59. The molecule has 0 saturated carbocycles. The summed E-state index contributed by atoms with van der Waals surface area (Å²) in [6, 6.07) is 0.326. The van der Waals surface area contributed by atoms with E-state index in [9.17, 15) is 4.79 Å². The highest BCUT2D eigenvalue weighted by Gasteiger charge is 2.31. The SMILES string of the molecule is Cc1cn(C2CCCN(C(=O)C(C)(C)C)C2)nc1C. The number of aromatic nitrogens is 2. The van der Waals surface area contributed by atoms with Crippen molar-refractivity contribution >= 4 is 5.91 Å². The van der Waals surface area contributed by atoms with Crippen LogP contribution in [-0.4, -0.2) is 33.7 Å². The predicted molar refractivity (Wildman–Crippen MR) is 76.0 cm³/mol. The Labute approximate surface area is 115 Å². The number of likely N-dealkylation sites (tertiary alicyclic amines) is 1. The van der Waals surface area contributed by atoms with Crippen molar-refractivity contribution in [2.75, 3.05) is 13.1 Å². The predicted octanol–water partition coefficient (Wildman–Crippen LogP) is 2.71. The summed E-state index contributed by atoms with van der Waals surface area (Å²) in [5, 5.41) is 4.57. The fraction of sp³-hybridized carbons (Fsp3) is 0.733. The highest BCUT2D eigenvalue weighted by molar-refractivity contribution is 5.81. The third-order valence-electron chi connectivity index (χ3n) is 3.86. The van der Waals surface area contributed by atoms with E-state index in [1.807, 2.05) is 37.3 Å². The lowest BCUT2D eigenvalue weighted by Gasteiger charge is -2.36. The number of carbonyl (C=O) groups is 1. The zero-order valence-corrected chi connectivity index (χ0v) is 12.7. The summed E-state index contributed by atoms with van der Waals surface area (Å²) in [6.45, 7) is 11.7. The van der Waals surface area contributed by atoms with E-state index in [0.717, 1.165) is 31.6 Å². The van der Waals surface area contributed by atoms with Gasteiger partial charge in [-0.25, -0.2) is 0 Å². The minimum absolute atomic E-state index is 0.248. The van der Waals surface area contributed by atoms with Crippen LogP contribution in [0.25, 0.3) is 0 Å². The van der Waals surface area contributed by atoms with Gasteiger partial charge in [0.15, 0.2) is 0 Å². The van der Waals surface area contributed by atoms with Crippen molar-refractivity contribution in [3.05, 3.63) is 17.5 Å². The van der Waals surface area contributed by atoms with Gasteiger partial charge in [-0.05, 0) is 32.3 Å². The van der Waals surface area contributed by atoms with Gasteiger partial charge in [0.05, 0.1) is 11.7 Å². The topological polar surface area (TPSA) is 38.1 Å². The Hall–Kier alpha value is -1.32. The third kappa shape index (κ3) is 2.99. The van der Waals surface area contributed by atoms with Crippen LogP contribution in [0.15, 0.2) is 6.20 Å². The van der Waals surface area contributed by atoms with E-state index < -0.39 is 0 Å². The van der Waals surface area contributed by atoms with Crippen LogP contribution in [-0.2, 0) is 4.79 Å². The average molecular weight is 263 g/mol. The van der Waals surface area contributed by atoms with Gasteiger partial charge < -0.3 is 4.90 Å². The van der Waals surface area contributed by atoms with Crippen LogP contribution in [0.1, 0.15) is 50.9 Å². The zero-order chi connectivity index (χ0) is 14.2. The van der Waals surface area contributed by atoms with E-state index in [4.69, 9.17) is 0 Å². The highest BCUT2D eigenvalue weighted by atomic mass is 16.2. The van der Waals surface area contributed by atoms with Crippen LogP contribution in [0, 0.1) is 19.3 Å². The minimum Gasteiger partial charge on any atom is -0.340 e. The van der Waals surface area contributed by atoms with E-state index in [1.165, 1.54) is 5.56 Å². The van der Waals surface area contributed by atoms with Crippen LogP contribution in [0.2, 0.25) is 0 Å². The summed E-state index contributed by atoms with van der Waals surface area (Å²) < 4.78 is 2.05. The molecule has 0 aliphatic carbocycles. The lowest BCUT2D eigenvalue weighted by atomic mass is 9.93. The van der Waals surface area contributed by atoms with Crippen molar-refractivity contribution in [1.29, 1.82) is 0 Å². The molecule has 1 unspecified atom stereocenters. The van der Waals surface area contributed by atoms with Crippen molar-refractivity contribution in [2.24, 2.45) is 5.41 Å². The van der Waals surface area contributed by atoms with Crippen molar-refractivity contribution in [2.45, 2.75) is 53.5 Å². The number of aryl methyl sites for hydroxylation is 2. The zero-order valence-electron chi connectivity index (χ0n) is 12.7. The van der Waals surface area contributed by atoms with Gasteiger partial charge in [0, 0.05) is 24.7 Å². The molecule has 1 aromatic heterocycles. The molecule has 2 heterocycles. The standard InChI is InChI=1S/C15H25N3O/c1-11-9-18(16-12(11)2)13-7-6-8-17(10-13)14(19)15(3,4)5/h9,13H,6-8,10H2,1-5H3. The normalized spacial score (nSPS) is 20.7. The molecule has 4 nitrogen and oxygen atoms in total. The van der Waals surface area contributed by atoms with Crippen LogP contribution < -0.4 is 0 Å². The molecular formula is C15H25N3O. The molecule has 1 atom stereocenters. The molecule has 1 fully saturated rings. The highest BCUT2D eigenvalue weighted by Crippen LogP contribution is 2.26. The van der Waals surface area contributed by atoms with Gasteiger partial charge in [0.2, 0.25) is 5.91 Å². The quantitative estimate of drug-likeness (QED) is 0.781. The number of carbonyl (C=O) groups excluding carboxylic acids is 1. The largest absolute Gasteiger partial charge is 0.340 e. The number of hydrogen-bond acceptors (Lipinski definition) is 2. The Bertz CT molecular complexity index is 451. The molecule has 0 radical (unpaired) electrons. The molecule has 0 bridgehead atoms. The lowest BCUT2D eigenvalue weighted by Crippen LogP contribution is -2.45. The molecular weight excluding hydrogens is 238 g/mol. The Morgan fingerprint density at radius 1 is 1.37 bits per heavy atom. The van der Waals surface area contributed by atoms with Gasteiger partial charge in [-0.15, -0.1) is 0 Å². The van der Waals surface area contributed by atoms with Crippen molar-refractivity contribution in [3.63, 3.8) is 0 Å². The number of nitrogens with zero attached hydrogens (tertiary/aromatic N) is 3. The minimum atomic E-state index is -0.294. The Morgan fingerprint density at radius 3 is 2.58 bits per heavy atom. The van der Waals surface area contributed by atoms with E-state index in [-0.39, 0.29) is 11.3 Å². The van der Waals surface area contributed by atoms with Gasteiger partial charge in [-0.1, -0.05) is 20.8 Å². The third-order valence-corrected chi connectivity index (χ3v) is 3.86. The van der Waals surface area contributed by atoms with Crippen LogP contribution in [0.3, 0.4) is 0 Å². The monoisotopic (exact) mass is 263 g/mol. The Balaban J connectivity index is 2.11. The van der Waals surface area contributed by atoms with Crippen LogP contribution in [0.5, 0.6) is 0 Å². The smallest absolute Gasteiger partial charge is 0.228 e. The number of hydrogen-bond donors (Lipinski definition) is 0. The summed E-state index contributed by atoms with van der Waals surface area (Å²) in [5.74, 6) is 0.248. The summed E-state index contributed by atoms with van der Waals surface area (Å²) in [4.78, 5) is 14.4. The van der Waals surface area contributed by atoms with E-state index in [0.29, 0.717) is 6.04 Å². The van der Waals surface area contributed by atoms with E-state index in [1.54, 1.807) is 0 Å². The van der Waals surface area contributed by atoms with Gasteiger partial charge in [0.25, 0.3) is 0 Å². The van der Waals surface area contributed by atoms with E-state index >= 15 is 0 Å². The summed E-state index contributed by atoms with van der Waals surface area (Å²) in [5.41, 5.74) is 2.01. The number of rotatable bonds is 1. The number of piperidine rings is 1. The lowest BCUT2D eigenvalue weighted by molar-refractivity contribution is -0.141. The molecule has 0 aromatic carbocycles. The molecule has 2 rings (SSSR count). The summed E-state index contributed by atoms with van der Waals surface area (Å²) in [6.07, 6.45) is 4.27. The van der Waals surface area contributed by atoms with Crippen LogP contribution in [0.4, 0.5) is 0 Å². The molecule has 1 saturated heterocycles. The van der Waals surface area contributed by atoms with Gasteiger partial charge in [0.1, 0.15) is 0 Å². The number of amides is 1. The first-order valence-electron chi connectivity index (χ1n) is 7.11. The second-order valence-corrected chi connectivity index (χ2v) is 6.67. The molecule has 1 aromatic rings. The van der Waals surface area contributed by atoms with Crippen molar-refractivity contribution in [3.8, 4) is 0 Å². The molecule has 4 heteroatoms. The van der Waals surface area contributed by atoms with Gasteiger partial charge in [-0.3, -0.25) is 9.48 Å². The Kier molecular flexibility index (Phi) is 3.70. The molecule has 1 aliphatic heterocycles. The first-order chi connectivity index (χ1) is 8.79. The first kappa shape index (κ1) is 14.1. The summed E-state index contributed by atoms with van der Waals surface area (Å²) in [7, 11) is 0. The molecule has 106 valence electrons. The molecule has 0 spiro atoms.